The number of nitrogens with zero attached hydrogens (tertiary/aromatic N) is 3. The number of halogens is 3. The van der Waals surface area contributed by atoms with Crippen molar-refractivity contribution in [2.75, 3.05) is 25.0 Å². The number of fused-ring (bicyclic) bond motifs is 1. The number of carbonyl (C=O) groups is 2. The number of benzene rings is 2. The average Bonchev–Trinajstić information content (AvgIpc) is 3.09. The van der Waals surface area contributed by atoms with Gasteiger partial charge < -0.3 is 14.4 Å². The molecule has 3 aromatic rings. The molecule has 1 aromatic heterocycles. The number of aromatic nitrogens is 1. The van der Waals surface area contributed by atoms with Gasteiger partial charge in [-0.3, -0.25) is 4.79 Å². The molecule has 4 rings (SSSR count). The normalized spacial score (nSPS) is 15.2. The fraction of sp³-hybridized carbons (Fsp3) is 0.211. The third-order valence-electron chi connectivity index (χ3n) is 4.60. The second-order valence-corrected chi connectivity index (χ2v) is 7.15. The minimum atomic E-state index is -2.81. The van der Waals surface area contributed by atoms with Gasteiger partial charge in [-0.15, -0.1) is 0 Å². The Morgan fingerprint density at radius 2 is 1.86 bits per heavy atom. The smallest absolute Gasteiger partial charge is 0.415 e. The topological polar surface area (TPSA) is 86.9 Å². The summed E-state index contributed by atoms with van der Waals surface area (Å²) in [6.07, 6.45) is -1.23. The van der Waals surface area contributed by atoms with E-state index in [-0.39, 0.29) is 16.6 Å². The zero-order chi connectivity index (χ0) is 20.9. The van der Waals surface area contributed by atoms with Crippen LogP contribution in [0.1, 0.15) is 10.4 Å². The fourth-order valence-electron chi connectivity index (χ4n) is 3.02. The van der Waals surface area contributed by atoms with Crippen LogP contribution in [0.3, 0.4) is 0 Å². The summed E-state index contributed by atoms with van der Waals surface area (Å²) in [5, 5.41) is 9.29. The van der Waals surface area contributed by atoms with Gasteiger partial charge in [0.25, 0.3) is 11.8 Å². The molecule has 29 heavy (non-hydrogen) atoms. The molecule has 1 fully saturated rings. The summed E-state index contributed by atoms with van der Waals surface area (Å²) < 4.78 is 31.3. The summed E-state index contributed by atoms with van der Waals surface area (Å²) in [4.78, 5) is 29.3. The fourth-order valence-corrected chi connectivity index (χ4v) is 3.27. The molecule has 0 bridgehead atoms. The van der Waals surface area contributed by atoms with Gasteiger partial charge in [-0.1, -0.05) is 23.7 Å². The Balaban J connectivity index is 1.61. The molecule has 1 N–H and O–H groups in total. The first-order valence-corrected chi connectivity index (χ1v) is 8.87. The Morgan fingerprint density at radius 3 is 2.45 bits per heavy atom. The van der Waals surface area contributed by atoms with Crippen LogP contribution in [0.25, 0.3) is 22.2 Å². The first-order valence-electron chi connectivity index (χ1n) is 8.49. The number of amides is 2. The van der Waals surface area contributed by atoms with E-state index >= 15 is 0 Å². The Bertz CT molecular complexity index is 1120. The number of rotatable bonds is 3. The van der Waals surface area contributed by atoms with Crippen molar-refractivity contribution in [3.8, 4) is 11.1 Å². The van der Waals surface area contributed by atoms with Crippen LogP contribution < -0.4 is 4.90 Å². The SMILES string of the molecule is CN(C(=O)O)c1nc2cc(-c3ccc(C(=O)N4CC(F)(F)C4)cc3)cc(Cl)c2o1. The molecule has 1 aliphatic rings. The van der Waals surface area contributed by atoms with Crippen LogP contribution in [0, 0.1) is 0 Å². The van der Waals surface area contributed by atoms with E-state index in [4.69, 9.17) is 21.1 Å². The Kier molecular flexibility index (Phi) is 4.42. The number of alkyl halides is 2. The maximum atomic E-state index is 13.0. The van der Waals surface area contributed by atoms with Crippen LogP contribution in [0.5, 0.6) is 0 Å². The molecule has 0 radical (unpaired) electrons. The molecule has 2 amide bonds. The van der Waals surface area contributed by atoms with Crippen LogP contribution in [0.2, 0.25) is 5.02 Å². The predicted octanol–water partition coefficient (Wildman–Crippen LogP) is 4.35. The average molecular weight is 422 g/mol. The van der Waals surface area contributed by atoms with Gasteiger partial charge in [0.2, 0.25) is 0 Å². The lowest BCUT2D eigenvalue weighted by Gasteiger charge is -2.38. The van der Waals surface area contributed by atoms with Crippen molar-refractivity contribution in [3.63, 3.8) is 0 Å². The molecule has 0 aliphatic carbocycles. The Labute approximate surface area is 168 Å². The Morgan fingerprint density at radius 1 is 1.21 bits per heavy atom. The van der Waals surface area contributed by atoms with Crippen molar-refractivity contribution in [1.29, 1.82) is 0 Å². The van der Waals surface area contributed by atoms with E-state index in [1.807, 2.05) is 0 Å². The van der Waals surface area contributed by atoms with Crippen molar-refractivity contribution in [2.24, 2.45) is 0 Å². The minimum Gasteiger partial charge on any atom is -0.465 e. The quantitative estimate of drug-likeness (QED) is 0.679. The number of anilines is 1. The third-order valence-corrected chi connectivity index (χ3v) is 4.88. The standard InChI is InChI=1S/C19H14ClF2N3O4/c1-24(18(27)28)17-23-14-7-12(6-13(20)15(14)29-17)10-2-4-11(5-3-10)16(26)25-8-19(21,22)9-25/h2-7H,8-9H2,1H3,(H,27,28). The lowest BCUT2D eigenvalue weighted by molar-refractivity contribution is -0.113. The number of carbonyl (C=O) groups excluding carboxylic acids is 1. The van der Waals surface area contributed by atoms with Gasteiger partial charge in [-0.2, -0.15) is 4.98 Å². The highest BCUT2D eigenvalue weighted by Crippen LogP contribution is 2.34. The van der Waals surface area contributed by atoms with Crippen molar-refractivity contribution < 1.29 is 27.9 Å². The van der Waals surface area contributed by atoms with Crippen molar-refractivity contribution in [2.45, 2.75) is 5.92 Å². The highest BCUT2D eigenvalue weighted by atomic mass is 35.5. The highest BCUT2D eigenvalue weighted by molar-refractivity contribution is 6.35. The second kappa shape index (κ2) is 6.70. The molecule has 0 atom stereocenters. The number of hydrogen-bond donors (Lipinski definition) is 1. The van der Waals surface area contributed by atoms with Gasteiger partial charge in [0.05, 0.1) is 18.1 Å². The van der Waals surface area contributed by atoms with Crippen molar-refractivity contribution >= 4 is 40.7 Å². The summed E-state index contributed by atoms with van der Waals surface area (Å²) in [5.41, 5.74) is 2.33. The van der Waals surface area contributed by atoms with Crippen molar-refractivity contribution in [3.05, 3.63) is 47.0 Å². The number of carboxylic acid groups (broad SMARTS) is 1. The van der Waals surface area contributed by atoms with E-state index in [1.54, 1.807) is 36.4 Å². The van der Waals surface area contributed by atoms with E-state index in [1.165, 1.54) is 7.05 Å². The van der Waals surface area contributed by atoms with Gasteiger partial charge in [-0.25, -0.2) is 18.5 Å². The molecule has 0 spiro atoms. The molecule has 1 aliphatic heterocycles. The van der Waals surface area contributed by atoms with Crippen LogP contribution in [-0.2, 0) is 0 Å². The first kappa shape index (κ1) is 19.1. The van der Waals surface area contributed by atoms with E-state index in [9.17, 15) is 18.4 Å². The molecule has 1 saturated heterocycles. The number of hydrogen-bond acceptors (Lipinski definition) is 4. The van der Waals surface area contributed by atoms with Crippen LogP contribution in [0.4, 0.5) is 19.6 Å². The van der Waals surface area contributed by atoms with E-state index in [0.717, 1.165) is 15.4 Å². The summed E-state index contributed by atoms with van der Waals surface area (Å²) in [7, 11) is 1.30. The number of likely N-dealkylation sites (tertiary alicyclic amines) is 1. The molecular formula is C19H14ClF2N3O4. The Hall–Kier alpha value is -3.20. The molecule has 0 saturated carbocycles. The zero-order valence-corrected chi connectivity index (χ0v) is 15.8. The lowest BCUT2D eigenvalue weighted by atomic mass is 10.0. The zero-order valence-electron chi connectivity index (χ0n) is 15.0. The predicted molar refractivity (Wildman–Crippen MR) is 102 cm³/mol. The summed E-state index contributed by atoms with van der Waals surface area (Å²) >= 11 is 6.25. The monoisotopic (exact) mass is 421 g/mol. The lowest BCUT2D eigenvalue weighted by Crippen LogP contribution is -2.58. The molecule has 150 valence electrons. The molecule has 7 nitrogen and oxygen atoms in total. The van der Waals surface area contributed by atoms with Gasteiger partial charge in [-0.05, 0) is 35.4 Å². The van der Waals surface area contributed by atoms with Crippen molar-refractivity contribution in [1.82, 2.24) is 9.88 Å². The molecular weight excluding hydrogens is 408 g/mol. The van der Waals surface area contributed by atoms with Crippen LogP contribution in [0.15, 0.2) is 40.8 Å². The van der Waals surface area contributed by atoms with Gasteiger partial charge in [0, 0.05) is 12.6 Å². The summed E-state index contributed by atoms with van der Waals surface area (Å²) in [6, 6.07) is 9.65. The van der Waals surface area contributed by atoms with Crippen LogP contribution in [-0.4, -0.2) is 53.1 Å². The maximum Gasteiger partial charge on any atom is 0.415 e. The largest absolute Gasteiger partial charge is 0.465 e. The minimum absolute atomic E-state index is 0.112. The molecule has 2 heterocycles. The van der Waals surface area contributed by atoms with E-state index in [2.05, 4.69) is 4.98 Å². The highest BCUT2D eigenvalue weighted by Gasteiger charge is 2.46. The van der Waals surface area contributed by atoms with Gasteiger partial charge in [0.1, 0.15) is 5.52 Å². The van der Waals surface area contributed by atoms with Gasteiger partial charge >= 0.3 is 12.1 Å². The summed E-state index contributed by atoms with van der Waals surface area (Å²) in [5.74, 6) is -3.26. The molecule has 2 aromatic carbocycles. The molecule has 0 unspecified atom stereocenters. The van der Waals surface area contributed by atoms with E-state index in [0.29, 0.717) is 16.6 Å². The molecule has 10 heteroatoms. The second-order valence-electron chi connectivity index (χ2n) is 6.74. The maximum absolute atomic E-state index is 13.0. The van der Waals surface area contributed by atoms with Gasteiger partial charge in [0.15, 0.2) is 5.58 Å². The number of oxazole rings is 1. The summed E-state index contributed by atoms with van der Waals surface area (Å²) in [6.45, 7) is -1.14. The van der Waals surface area contributed by atoms with Crippen LogP contribution >= 0.6 is 11.6 Å². The first-order chi connectivity index (χ1) is 13.6. The third kappa shape index (κ3) is 3.49. The van der Waals surface area contributed by atoms with E-state index < -0.39 is 31.0 Å².